The Balaban J connectivity index is 1.64. The summed E-state index contributed by atoms with van der Waals surface area (Å²) in [6.45, 7) is 2.00. The molecule has 0 aromatic heterocycles. The minimum atomic E-state index is 0.156. The van der Waals surface area contributed by atoms with Crippen molar-refractivity contribution in [3.8, 4) is 0 Å². The van der Waals surface area contributed by atoms with Crippen molar-refractivity contribution in [1.82, 2.24) is 4.90 Å². The lowest BCUT2D eigenvalue weighted by Gasteiger charge is -2.27. The monoisotopic (exact) mass is 369 g/mol. The molecule has 0 atom stereocenters. The summed E-state index contributed by atoms with van der Waals surface area (Å²) in [5.74, 6) is 1.26. The summed E-state index contributed by atoms with van der Waals surface area (Å²) < 4.78 is 0. The average molecular weight is 370 g/mol. The van der Waals surface area contributed by atoms with Crippen LogP contribution in [0.5, 0.6) is 0 Å². The molecule has 1 amide bonds. The number of para-hydroxylation sites is 1. The summed E-state index contributed by atoms with van der Waals surface area (Å²) in [4.78, 5) is 20.2. The van der Waals surface area contributed by atoms with Crippen LogP contribution in [0.15, 0.2) is 53.4 Å². The predicted molar refractivity (Wildman–Crippen MR) is 111 cm³/mol. The van der Waals surface area contributed by atoms with E-state index in [1.165, 1.54) is 16.3 Å². The van der Waals surface area contributed by atoms with Crippen LogP contribution in [-0.2, 0) is 11.3 Å². The maximum Gasteiger partial charge on any atom is 0.242 e. The molecule has 0 bridgehead atoms. The minimum Gasteiger partial charge on any atom is -0.378 e. The molecule has 4 nitrogen and oxygen atoms in total. The number of rotatable bonds is 5. The number of hydrogen-bond donors (Lipinski definition) is 0. The van der Waals surface area contributed by atoms with E-state index in [4.69, 9.17) is 0 Å². The van der Waals surface area contributed by atoms with Crippen molar-refractivity contribution in [3.63, 3.8) is 0 Å². The molecule has 2 aromatic carbocycles. The molecule has 0 aliphatic carbocycles. The van der Waals surface area contributed by atoms with Crippen LogP contribution >= 0.6 is 11.8 Å². The van der Waals surface area contributed by atoms with Gasteiger partial charge in [0, 0.05) is 44.8 Å². The molecule has 1 heterocycles. The fourth-order valence-electron chi connectivity index (χ4n) is 3.11. The molecule has 0 N–H and O–H groups in total. The predicted octanol–water partition coefficient (Wildman–Crippen LogP) is 3.71. The summed E-state index contributed by atoms with van der Waals surface area (Å²) in [5, 5.41) is 0. The summed E-state index contributed by atoms with van der Waals surface area (Å²) in [7, 11) is 5.95. The molecule has 0 saturated heterocycles. The van der Waals surface area contributed by atoms with Gasteiger partial charge in [-0.1, -0.05) is 24.3 Å². The van der Waals surface area contributed by atoms with Gasteiger partial charge in [-0.2, -0.15) is 0 Å². The van der Waals surface area contributed by atoms with E-state index in [-0.39, 0.29) is 5.91 Å². The molecular weight excluding hydrogens is 342 g/mol. The quantitative estimate of drug-likeness (QED) is 0.803. The van der Waals surface area contributed by atoms with Gasteiger partial charge < -0.3 is 14.7 Å². The number of nitrogens with zero attached hydrogens (tertiary/aromatic N) is 3. The maximum atomic E-state index is 12.8. The molecule has 5 heteroatoms. The normalized spacial score (nSPS) is 13.7. The second kappa shape index (κ2) is 8.49. The fourth-order valence-corrected chi connectivity index (χ4v) is 4.12. The van der Waals surface area contributed by atoms with Crippen LogP contribution < -0.4 is 9.80 Å². The van der Waals surface area contributed by atoms with Crippen LogP contribution in [0.2, 0.25) is 0 Å². The number of thioether (sulfide) groups is 1. The number of benzene rings is 2. The van der Waals surface area contributed by atoms with E-state index in [9.17, 15) is 4.79 Å². The van der Waals surface area contributed by atoms with Crippen LogP contribution in [0.3, 0.4) is 0 Å². The number of anilines is 2. The third kappa shape index (κ3) is 4.52. The highest BCUT2D eigenvalue weighted by atomic mass is 32.2. The lowest BCUT2D eigenvalue weighted by molar-refractivity contribution is -0.128. The maximum absolute atomic E-state index is 12.8. The standard InChI is InChI=1S/C21H27N3OS/c1-22(2)18-11-9-17(10-12-18)15-23(3)21(25)16-24-13-6-14-26-20-8-5-4-7-19(20)24/h4-5,7-12H,6,13-16H2,1-3H3. The van der Waals surface area contributed by atoms with E-state index < -0.39 is 0 Å². The highest BCUT2D eigenvalue weighted by Gasteiger charge is 2.19. The molecule has 0 spiro atoms. The number of hydrogen-bond acceptors (Lipinski definition) is 4. The topological polar surface area (TPSA) is 26.8 Å². The van der Waals surface area contributed by atoms with E-state index in [2.05, 4.69) is 58.3 Å². The second-order valence-corrected chi connectivity index (χ2v) is 8.04. The van der Waals surface area contributed by atoms with E-state index in [1.807, 2.05) is 37.8 Å². The first-order chi connectivity index (χ1) is 12.5. The first kappa shape index (κ1) is 18.6. The number of carbonyl (C=O) groups excluding carboxylic acids is 1. The third-order valence-electron chi connectivity index (χ3n) is 4.66. The Kier molecular flexibility index (Phi) is 6.09. The molecule has 138 valence electrons. The first-order valence-corrected chi connectivity index (χ1v) is 10.00. The van der Waals surface area contributed by atoms with Gasteiger partial charge in [-0.05, 0) is 42.0 Å². The van der Waals surface area contributed by atoms with Crippen LogP contribution in [0, 0.1) is 0 Å². The van der Waals surface area contributed by atoms with Crippen molar-refractivity contribution in [2.24, 2.45) is 0 Å². The number of amides is 1. The average Bonchev–Trinajstić information content (AvgIpc) is 2.84. The Labute approximate surface area is 160 Å². The van der Waals surface area contributed by atoms with Crippen LogP contribution in [-0.4, -0.2) is 50.8 Å². The van der Waals surface area contributed by atoms with E-state index >= 15 is 0 Å². The Hall–Kier alpha value is -2.14. The zero-order chi connectivity index (χ0) is 18.5. The summed E-state index contributed by atoms with van der Waals surface area (Å²) in [6, 6.07) is 16.8. The van der Waals surface area contributed by atoms with Crippen molar-refractivity contribution in [1.29, 1.82) is 0 Å². The smallest absolute Gasteiger partial charge is 0.242 e. The molecule has 1 aliphatic rings. The van der Waals surface area contributed by atoms with Gasteiger partial charge in [0.15, 0.2) is 0 Å². The van der Waals surface area contributed by atoms with Gasteiger partial charge in [0.05, 0.1) is 12.2 Å². The highest BCUT2D eigenvalue weighted by molar-refractivity contribution is 7.99. The second-order valence-electron chi connectivity index (χ2n) is 6.90. The van der Waals surface area contributed by atoms with Gasteiger partial charge in [0.25, 0.3) is 0 Å². The van der Waals surface area contributed by atoms with Gasteiger partial charge in [0.1, 0.15) is 0 Å². The molecular formula is C21H27N3OS. The van der Waals surface area contributed by atoms with Crippen molar-refractivity contribution in [3.05, 3.63) is 54.1 Å². The molecule has 26 heavy (non-hydrogen) atoms. The van der Waals surface area contributed by atoms with Crippen molar-refractivity contribution < 1.29 is 4.79 Å². The number of carbonyl (C=O) groups is 1. The van der Waals surface area contributed by atoms with Gasteiger partial charge >= 0.3 is 0 Å². The molecule has 3 rings (SSSR count). The van der Waals surface area contributed by atoms with Gasteiger partial charge in [-0.3, -0.25) is 4.79 Å². The number of fused-ring (bicyclic) bond motifs is 1. The zero-order valence-electron chi connectivity index (χ0n) is 15.8. The van der Waals surface area contributed by atoms with E-state index in [1.54, 1.807) is 0 Å². The molecule has 0 unspecified atom stereocenters. The van der Waals surface area contributed by atoms with Crippen molar-refractivity contribution in [2.45, 2.75) is 17.9 Å². The lowest BCUT2D eigenvalue weighted by atomic mass is 10.2. The fraction of sp³-hybridized carbons (Fsp3) is 0.381. The largest absolute Gasteiger partial charge is 0.378 e. The Morgan fingerprint density at radius 2 is 1.81 bits per heavy atom. The van der Waals surface area contributed by atoms with E-state index in [0.717, 1.165) is 24.3 Å². The number of likely N-dealkylation sites (N-methyl/N-ethyl adjacent to an activating group) is 1. The van der Waals surface area contributed by atoms with Gasteiger partial charge in [0.2, 0.25) is 5.91 Å². The Morgan fingerprint density at radius 1 is 1.08 bits per heavy atom. The molecule has 2 aromatic rings. The summed E-state index contributed by atoms with van der Waals surface area (Å²) in [5.41, 5.74) is 3.51. The van der Waals surface area contributed by atoms with Crippen LogP contribution in [0.4, 0.5) is 11.4 Å². The Morgan fingerprint density at radius 3 is 2.54 bits per heavy atom. The summed E-state index contributed by atoms with van der Waals surface area (Å²) >= 11 is 1.88. The van der Waals surface area contributed by atoms with Gasteiger partial charge in [-0.25, -0.2) is 0 Å². The van der Waals surface area contributed by atoms with Crippen LogP contribution in [0.25, 0.3) is 0 Å². The molecule has 0 radical (unpaired) electrons. The van der Waals surface area contributed by atoms with E-state index in [0.29, 0.717) is 13.1 Å². The van der Waals surface area contributed by atoms with Crippen molar-refractivity contribution in [2.75, 3.05) is 49.8 Å². The van der Waals surface area contributed by atoms with Gasteiger partial charge in [-0.15, -0.1) is 11.8 Å². The molecule has 0 saturated carbocycles. The van der Waals surface area contributed by atoms with Crippen molar-refractivity contribution >= 4 is 29.0 Å². The molecule has 0 fully saturated rings. The third-order valence-corrected chi connectivity index (χ3v) is 5.81. The first-order valence-electron chi connectivity index (χ1n) is 9.01. The summed E-state index contributed by atoms with van der Waals surface area (Å²) in [6.07, 6.45) is 1.10. The Bertz CT molecular complexity index is 745. The minimum absolute atomic E-state index is 0.156. The highest BCUT2D eigenvalue weighted by Crippen LogP contribution is 2.33. The van der Waals surface area contributed by atoms with Crippen LogP contribution in [0.1, 0.15) is 12.0 Å². The SMILES string of the molecule is CN(Cc1ccc(N(C)C)cc1)C(=O)CN1CCCSc2ccccc21. The molecule has 1 aliphatic heterocycles. The zero-order valence-corrected chi connectivity index (χ0v) is 16.6. The lowest BCUT2D eigenvalue weighted by Crippen LogP contribution is -2.38.